The minimum absolute atomic E-state index is 0.836. The van der Waals surface area contributed by atoms with Crippen LogP contribution in [0, 0.1) is 6.92 Å². The van der Waals surface area contributed by atoms with Gasteiger partial charge in [-0.2, -0.15) is 0 Å². The monoisotopic (exact) mass is 325 g/mol. The highest BCUT2D eigenvalue weighted by Gasteiger charge is 2.08. The van der Waals surface area contributed by atoms with E-state index in [1.54, 1.807) is 6.20 Å². The average Bonchev–Trinajstić information content (AvgIpc) is 2.23. The molecule has 3 heteroatoms. The lowest BCUT2D eigenvalue weighted by Gasteiger charge is -2.08. The van der Waals surface area contributed by atoms with Crippen LogP contribution in [0.5, 0.6) is 0 Å². The highest BCUT2D eigenvalue weighted by molar-refractivity contribution is 9.13. The third-order valence-electron chi connectivity index (χ3n) is 2.28. The lowest BCUT2D eigenvalue weighted by molar-refractivity contribution is 1.25. The van der Waals surface area contributed by atoms with Gasteiger partial charge in [0.1, 0.15) is 4.60 Å². The fourth-order valence-electron chi connectivity index (χ4n) is 1.50. The van der Waals surface area contributed by atoms with Crippen LogP contribution in [-0.2, 0) is 0 Å². The molecule has 0 unspecified atom stereocenters. The first-order chi connectivity index (χ1) is 7.20. The molecule has 0 saturated heterocycles. The van der Waals surface area contributed by atoms with Crippen molar-refractivity contribution in [2.24, 2.45) is 0 Å². The van der Waals surface area contributed by atoms with Gasteiger partial charge < -0.3 is 0 Å². The minimum atomic E-state index is 0.836. The Balaban J connectivity index is 2.65. The van der Waals surface area contributed by atoms with E-state index in [1.165, 1.54) is 11.1 Å². The van der Waals surface area contributed by atoms with Gasteiger partial charge in [-0.3, -0.25) is 0 Å². The number of halogens is 2. The predicted molar refractivity (Wildman–Crippen MR) is 69.8 cm³/mol. The molecule has 15 heavy (non-hydrogen) atoms. The fraction of sp³-hybridized carbons (Fsp3) is 0.0833. The number of hydrogen-bond donors (Lipinski definition) is 0. The Labute approximate surface area is 106 Å². The van der Waals surface area contributed by atoms with Gasteiger partial charge in [-0.05, 0) is 56.0 Å². The Hall–Kier alpha value is -0.670. The van der Waals surface area contributed by atoms with E-state index in [2.05, 4.69) is 55.9 Å². The summed E-state index contributed by atoms with van der Waals surface area (Å²) in [5.41, 5.74) is 3.65. The summed E-state index contributed by atoms with van der Waals surface area (Å²) in [5.74, 6) is 0. The Bertz CT molecular complexity index is 495. The van der Waals surface area contributed by atoms with Gasteiger partial charge in [0.25, 0.3) is 0 Å². The maximum absolute atomic E-state index is 4.16. The number of pyridine rings is 1. The Morgan fingerprint density at radius 3 is 2.47 bits per heavy atom. The first kappa shape index (κ1) is 10.8. The van der Waals surface area contributed by atoms with Crippen molar-refractivity contribution in [3.63, 3.8) is 0 Å². The highest BCUT2D eigenvalue weighted by atomic mass is 79.9. The first-order valence-corrected chi connectivity index (χ1v) is 6.15. The molecule has 0 N–H and O–H groups in total. The standard InChI is InChI=1S/C12H9Br2N/c1-8-4-2-3-5-9(8)10-6-7-15-12(14)11(10)13/h2-7H,1H3. The molecule has 0 atom stereocenters. The lowest BCUT2D eigenvalue weighted by atomic mass is 10.0. The molecule has 2 rings (SSSR count). The Morgan fingerprint density at radius 2 is 1.73 bits per heavy atom. The summed E-state index contributed by atoms with van der Waals surface area (Å²) in [6, 6.07) is 10.3. The molecule has 1 nitrogen and oxygen atoms in total. The van der Waals surface area contributed by atoms with Gasteiger partial charge in [0.15, 0.2) is 0 Å². The number of rotatable bonds is 1. The largest absolute Gasteiger partial charge is 0.248 e. The molecule has 0 bridgehead atoms. The van der Waals surface area contributed by atoms with Gasteiger partial charge in [0, 0.05) is 11.8 Å². The number of aromatic nitrogens is 1. The van der Waals surface area contributed by atoms with Crippen molar-refractivity contribution >= 4 is 31.9 Å². The SMILES string of the molecule is Cc1ccccc1-c1ccnc(Br)c1Br. The van der Waals surface area contributed by atoms with E-state index in [0.717, 1.165) is 14.6 Å². The van der Waals surface area contributed by atoms with Crippen molar-refractivity contribution in [2.75, 3.05) is 0 Å². The molecule has 76 valence electrons. The molecule has 0 amide bonds. The zero-order valence-electron chi connectivity index (χ0n) is 8.17. The number of hydrogen-bond acceptors (Lipinski definition) is 1. The second-order valence-electron chi connectivity index (χ2n) is 3.28. The van der Waals surface area contributed by atoms with Gasteiger partial charge in [-0.25, -0.2) is 4.98 Å². The van der Waals surface area contributed by atoms with Gasteiger partial charge in [0.05, 0.1) is 4.47 Å². The van der Waals surface area contributed by atoms with Crippen LogP contribution < -0.4 is 0 Å². The van der Waals surface area contributed by atoms with Crippen molar-refractivity contribution in [2.45, 2.75) is 6.92 Å². The summed E-state index contributed by atoms with van der Waals surface area (Å²) in [5, 5.41) is 0. The zero-order chi connectivity index (χ0) is 10.8. The van der Waals surface area contributed by atoms with E-state index in [0.29, 0.717) is 0 Å². The zero-order valence-corrected chi connectivity index (χ0v) is 11.3. The summed E-state index contributed by atoms with van der Waals surface area (Å²) < 4.78 is 1.84. The van der Waals surface area contributed by atoms with Gasteiger partial charge >= 0.3 is 0 Å². The molecule has 0 aliphatic rings. The molecule has 0 aliphatic heterocycles. The Morgan fingerprint density at radius 1 is 1.00 bits per heavy atom. The van der Waals surface area contributed by atoms with E-state index in [1.807, 2.05) is 18.2 Å². The van der Waals surface area contributed by atoms with Crippen LogP contribution in [0.15, 0.2) is 45.6 Å². The quantitative estimate of drug-likeness (QED) is 0.699. The molecule has 0 radical (unpaired) electrons. The topological polar surface area (TPSA) is 12.9 Å². The van der Waals surface area contributed by atoms with Crippen LogP contribution >= 0.6 is 31.9 Å². The molecular weight excluding hydrogens is 318 g/mol. The third kappa shape index (κ3) is 2.13. The second kappa shape index (κ2) is 4.45. The molecule has 1 aromatic carbocycles. The Kier molecular flexibility index (Phi) is 3.22. The van der Waals surface area contributed by atoms with Gasteiger partial charge in [-0.15, -0.1) is 0 Å². The van der Waals surface area contributed by atoms with Crippen LogP contribution in [0.25, 0.3) is 11.1 Å². The van der Waals surface area contributed by atoms with E-state index in [-0.39, 0.29) is 0 Å². The lowest BCUT2D eigenvalue weighted by Crippen LogP contribution is -1.86. The summed E-state index contributed by atoms with van der Waals surface area (Å²) in [4.78, 5) is 4.16. The maximum atomic E-state index is 4.16. The van der Waals surface area contributed by atoms with Crippen molar-refractivity contribution in [1.82, 2.24) is 4.98 Å². The summed E-state index contributed by atoms with van der Waals surface area (Å²) in [7, 11) is 0. The molecule has 0 fully saturated rings. The van der Waals surface area contributed by atoms with Crippen LogP contribution in [0.2, 0.25) is 0 Å². The van der Waals surface area contributed by atoms with Crippen LogP contribution in [-0.4, -0.2) is 4.98 Å². The highest BCUT2D eigenvalue weighted by Crippen LogP contribution is 2.33. The smallest absolute Gasteiger partial charge is 0.120 e. The summed E-state index contributed by atoms with van der Waals surface area (Å²) in [6.07, 6.45) is 1.80. The van der Waals surface area contributed by atoms with Gasteiger partial charge in [-0.1, -0.05) is 24.3 Å². The van der Waals surface area contributed by atoms with Crippen LogP contribution in [0.4, 0.5) is 0 Å². The third-order valence-corrected chi connectivity index (χ3v) is 4.22. The van der Waals surface area contributed by atoms with E-state index >= 15 is 0 Å². The minimum Gasteiger partial charge on any atom is -0.248 e. The normalized spacial score (nSPS) is 10.3. The number of aryl methyl sites for hydroxylation is 1. The van der Waals surface area contributed by atoms with Crippen LogP contribution in [0.1, 0.15) is 5.56 Å². The summed E-state index contributed by atoms with van der Waals surface area (Å²) in [6.45, 7) is 2.11. The summed E-state index contributed by atoms with van der Waals surface area (Å²) >= 11 is 6.95. The second-order valence-corrected chi connectivity index (χ2v) is 4.82. The van der Waals surface area contributed by atoms with Crippen molar-refractivity contribution in [1.29, 1.82) is 0 Å². The molecule has 1 heterocycles. The van der Waals surface area contributed by atoms with E-state index in [4.69, 9.17) is 0 Å². The molecule has 0 saturated carbocycles. The van der Waals surface area contributed by atoms with E-state index < -0.39 is 0 Å². The first-order valence-electron chi connectivity index (χ1n) is 4.56. The number of nitrogens with zero attached hydrogens (tertiary/aromatic N) is 1. The van der Waals surface area contributed by atoms with Crippen molar-refractivity contribution < 1.29 is 0 Å². The molecule has 1 aromatic heterocycles. The predicted octanol–water partition coefficient (Wildman–Crippen LogP) is 4.58. The fourth-order valence-corrected chi connectivity index (χ4v) is 2.28. The van der Waals surface area contributed by atoms with E-state index in [9.17, 15) is 0 Å². The van der Waals surface area contributed by atoms with Crippen LogP contribution in [0.3, 0.4) is 0 Å². The average molecular weight is 327 g/mol. The molecular formula is C12H9Br2N. The van der Waals surface area contributed by atoms with Crippen molar-refractivity contribution in [3.05, 3.63) is 51.2 Å². The molecule has 0 aliphatic carbocycles. The van der Waals surface area contributed by atoms with Gasteiger partial charge in [0.2, 0.25) is 0 Å². The maximum Gasteiger partial charge on any atom is 0.120 e. The molecule has 2 aromatic rings. The number of benzene rings is 1. The van der Waals surface area contributed by atoms with Crippen molar-refractivity contribution in [3.8, 4) is 11.1 Å². The molecule has 0 spiro atoms.